The first-order chi connectivity index (χ1) is 8.79. The number of hydrogen-bond acceptors (Lipinski definition) is 2. The van der Waals surface area contributed by atoms with Crippen molar-refractivity contribution in [3.8, 4) is 5.69 Å². The normalized spacial score (nSPS) is 10.7. The number of para-hydroxylation sites is 1. The molecule has 3 aromatic rings. The van der Waals surface area contributed by atoms with Crippen molar-refractivity contribution in [2.75, 3.05) is 0 Å². The van der Waals surface area contributed by atoms with Crippen molar-refractivity contribution >= 4 is 33.1 Å². The van der Waals surface area contributed by atoms with Crippen LogP contribution in [0.2, 0.25) is 0 Å². The summed E-state index contributed by atoms with van der Waals surface area (Å²) in [6.45, 7) is 0. The van der Waals surface area contributed by atoms with Crippen molar-refractivity contribution in [1.29, 1.82) is 0 Å². The SMILES string of the molecule is O=Cc1ccc(-n2ncc3ccccc32)c(Br)c1. The summed E-state index contributed by atoms with van der Waals surface area (Å²) in [6.07, 6.45) is 2.66. The summed E-state index contributed by atoms with van der Waals surface area (Å²) in [5.41, 5.74) is 2.60. The van der Waals surface area contributed by atoms with Crippen molar-refractivity contribution < 1.29 is 4.79 Å². The molecule has 0 radical (unpaired) electrons. The van der Waals surface area contributed by atoms with E-state index in [-0.39, 0.29) is 0 Å². The second-order valence-corrected chi connectivity index (χ2v) is 4.80. The van der Waals surface area contributed by atoms with Gasteiger partial charge in [0.05, 0.1) is 17.4 Å². The molecule has 0 atom stereocenters. The van der Waals surface area contributed by atoms with Crippen molar-refractivity contribution in [3.05, 3.63) is 58.7 Å². The van der Waals surface area contributed by atoms with Gasteiger partial charge in [-0.3, -0.25) is 4.79 Å². The quantitative estimate of drug-likeness (QED) is 0.678. The van der Waals surface area contributed by atoms with Gasteiger partial charge in [-0.1, -0.05) is 18.2 Å². The predicted molar refractivity (Wildman–Crippen MR) is 74.2 cm³/mol. The van der Waals surface area contributed by atoms with Crippen LogP contribution in [-0.4, -0.2) is 16.1 Å². The maximum atomic E-state index is 10.7. The third-order valence-corrected chi connectivity index (χ3v) is 3.45. The number of aldehydes is 1. The van der Waals surface area contributed by atoms with Crippen LogP contribution >= 0.6 is 15.9 Å². The van der Waals surface area contributed by atoms with Crippen LogP contribution in [0.25, 0.3) is 16.6 Å². The first-order valence-electron chi connectivity index (χ1n) is 5.47. The van der Waals surface area contributed by atoms with Crippen LogP contribution in [0.5, 0.6) is 0 Å². The molecule has 1 aromatic heterocycles. The molecule has 0 fully saturated rings. The molecule has 0 aliphatic rings. The molecule has 0 saturated carbocycles. The number of benzene rings is 2. The third kappa shape index (κ3) is 1.75. The molecule has 2 aromatic carbocycles. The van der Waals surface area contributed by atoms with Crippen molar-refractivity contribution in [2.24, 2.45) is 0 Å². The van der Waals surface area contributed by atoms with Crippen LogP contribution in [0.4, 0.5) is 0 Å². The van der Waals surface area contributed by atoms with E-state index < -0.39 is 0 Å². The Morgan fingerprint density at radius 2 is 2.00 bits per heavy atom. The highest BCUT2D eigenvalue weighted by Gasteiger charge is 2.08. The molecular formula is C14H9BrN2O. The zero-order valence-electron chi connectivity index (χ0n) is 9.38. The fourth-order valence-electron chi connectivity index (χ4n) is 1.93. The minimum atomic E-state index is 0.641. The first kappa shape index (κ1) is 11.2. The largest absolute Gasteiger partial charge is 0.298 e. The lowest BCUT2D eigenvalue weighted by Gasteiger charge is -2.06. The number of fused-ring (bicyclic) bond motifs is 1. The van der Waals surface area contributed by atoms with Crippen LogP contribution in [0.1, 0.15) is 10.4 Å². The summed E-state index contributed by atoms with van der Waals surface area (Å²) in [5, 5.41) is 5.47. The fourth-order valence-corrected chi connectivity index (χ4v) is 2.50. The van der Waals surface area contributed by atoms with Crippen LogP contribution in [-0.2, 0) is 0 Å². The molecule has 0 spiro atoms. The summed E-state index contributed by atoms with van der Waals surface area (Å²) >= 11 is 3.48. The Morgan fingerprint density at radius 1 is 1.17 bits per heavy atom. The minimum Gasteiger partial charge on any atom is -0.298 e. The van der Waals surface area contributed by atoms with E-state index >= 15 is 0 Å². The molecule has 4 heteroatoms. The number of hydrogen-bond donors (Lipinski definition) is 0. The molecule has 0 N–H and O–H groups in total. The topological polar surface area (TPSA) is 34.9 Å². The molecular weight excluding hydrogens is 292 g/mol. The Balaban J connectivity index is 2.23. The van der Waals surface area contributed by atoms with E-state index in [4.69, 9.17) is 0 Å². The van der Waals surface area contributed by atoms with Gasteiger partial charge in [0.1, 0.15) is 6.29 Å². The number of carbonyl (C=O) groups is 1. The van der Waals surface area contributed by atoms with Gasteiger partial charge in [0.15, 0.2) is 0 Å². The Morgan fingerprint density at radius 3 is 2.78 bits per heavy atom. The van der Waals surface area contributed by atoms with Gasteiger partial charge < -0.3 is 0 Å². The smallest absolute Gasteiger partial charge is 0.150 e. The molecule has 0 bridgehead atoms. The third-order valence-electron chi connectivity index (χ3n) is 2.81. The molecule has 0 aliphatic heterocycles. The van der Waals surface area contributed by atoms with Crippen molar-refractivity contribution in [3.63, 3.8) is 0 Å². The Hall–Kier alpha value is -1.94. The predicted octanol–water partition coefficient (Wildman–Crippen LogP) is 3.60. The maximum Gasteiger partial charge on any atom is 0.150 e. The molecule has 3 nitrogen and oxygen atoms in total. The monoisotopic (exact) mass is 300 g/mol. The number of nitrogens with zero attached hydrogens (tertiary/aromatic N) is 2. The average molecular weight is 301 g/mol. The second kappa shape index (κ2) is 4.38. The Bertz CT molecular complexity index is 733. The first-order valence-corrected chi connectivity index (χ1v) is 6.27. The van der Waals surface area contributed by atoms with Crippen LogP contribution in [0.15, 0.2) is 53.1 Å². The lowest BCUT2D eigenvalue weighted by atomic mass is 10.2. The van der Waals surface area contributed by atoms with Crippen molar-refractivity contribution in [1.82, 2.24) is 9.78 Å². The Kier molecular flexibility index (Phi) is 2.72. The summed E-state index contributed by atoms with van der Waals surface area (Å²) in [4.78, 5) is 10.7. The van der Waals surface area contributed by atoms with E-state index in [0.717, 1.165) is 27.3 Å². The average Bonchev–Trinajstić information content (AvgIpc) is 2.82. The summed E-state index contributed by atoms with van der Waals surface area (Å²) in [6, 6.07) is 13.5. The molecule has 3 rings (SSSR count). The molecule has 1 heterocycles. The van der Waals surface area contributed by atoms with E-state index in [1.54, 1.807) is 12.1 Å². The summed E-state index contributed by atoms with van der Waals surface area (Å²) in [5.74, 6) is 0. The summed E-state index contributed by atoms with van der Waals surface area (Å²) in [7, 11) is 0. The van der Waals surface area contributed by atoms with Gasteiger partial charge in [-0.25, -0.2) is 4.68 Å². The van der Waals surface area contributed by atoms with E-state index in [9.17, 15) is 4.79 Å². The molecule has 0 saturated heterocycles. The van der Waals surface area contributed by atoms with E-state index in [1.165, 1.54) is 0 Å². The number of rotatable bonds is 2. The van der Waals surface area contributed by atoms with E-state index in [2.05, 4.69) is 21.0 Å². The lowest BCUT2D eigenvalue weighted by Crippen LogP contribution is -1.97. The number of halogens is 1. The van der Waals surface area contributed by atoms with Crippen LogP contribution in [0, 0.1) is 0 Å². The highest BCUT2D eigenvalue weighted by Crippen LogP contribution is 2.25. The molecule has 88 valence electrons. The molecule has 0 unspecified atom stereocenters. The fraction of sp³-hybridized carbons (Fsp3) is 0. The van der Waals surface area contributed by atoms with Gasteiger partial charge in [-0.2, -0.15) is 5.10 Å². The zero-order chi connectivity index (χ0) is 12.5. The highest BCUT2D eigenvalue weighted by atomic mass is 79.9. The molecule has 18 heavy (non-hydrogen) atoms. The van der Waals surface area contributed by atoms with Gasteiger partial charge in [-0.05, 0) is 40.2 Å². The standard InChI is InChI=1S/C14H9BrN2O/c15-12-7-10(9-18)5-6-14(12)17-13-4-2-1-3-11(13)8-16-17/h1-9H. The number of aromatic nitrogens is 2. The Labute approximate surface area is 112 Å². The van der Waals surface area contributed by atoms with Crippen LogP contribution in [0.3, 0.4) is 0 Å². The summed E-state index contributed by atoms with van der Waals surface area (Å²) < 4.78 is 2.70. The van der Waals surface area contributed by atoms with Gasteiger partial charge in [0, 0.05) is 15.4 Å². The van der Waals surface area contributed by atoms with Gasteiger partial charge in [-0.15, -0.1) is 0 Å². The zero-order valence-corrected chi connectivity index (χ0v) is 11.0. The minimum absolute atomic E-state index is 0.641. The number of carbonyl (C=O) groups excluding carboxylic acids is 1. The maximum absolute atomic E-state index is 10.7. The van der Waals surface area contributed by atoms with Gasteiger partial charge >= 0.3 is 0 Å². The van der Waals surface area contributed by atoms with Crippen LogP contribution < -0.4 is 0 Å². The second-order valence-electron chi connectivity index (χ2n) is 3.94. The van der Waals surface area contributed by atoms with E-state index in [0.29, 0.717) is 5.56 Å². The highest BCUT2D eigenvalue weighted by molar-refractivity contribution is 9.10. The van der Waals surface area contributed by atoms with Gasteiger partial charge in [0.2, 0.25) is 0 Å². The molecule has 0 aliphatic carbocycles. The van der Waals surface area contributed by atoms with Crippen molar-refractivity contribution in [2.45, 2.75) is 0 Å². The van der Waals surface area contributed by atoms with E-state index in [1.807, 2.05) is 41.2 Å². The van der Waals surface area contributed by atoms with Gasteiger partial charge in [0.25, 0.3) is 0 Å². The lowest BCUT2D eigenvalue weighted by molar-refractivity contribution is 0.112. The molecule has 0 amide bonds.